The van der Waals surface area contributed by atoms with Crippen molar-refractivity contribution in [1.29, 1.82) is 0 Å². The Kier molecular flexibility index (Phi) is 4.77. The number of benzene rings is 3. The third kappa shape index (κ3) is 3.19. The van der Waals surface area contributed by atoms with E-state index >= 15 is 0 Å². The molecule has 148 valence electrons. The van der Waals surface area contributed by atoms with Gasteiger partial charge >= 0.3 is 0 Å². The number of rotatable bonds is 4. The second-order valence-electron chi connectivity index (χ2n) is 6.39. The van der Waals surface area contributed by atoms with Crippen LogP contribution >= 0.6 is 11.6 Å². The van der Waals surface area contributed by atoms with Gasteiger partial charge in [0, 0.05) is 11.8 Å². The van der Waals surface area contributed by atoms with Crippen molar-refractivity contribution in [2.75, 3.05) is 10.2 Å². The standard InChI is InChI=1S/C21H12ClN3O5/c22-16-11-12(23-19(26)15-7-3-4-8-17(15)25(29)30)9-10-18(16)24-20(27)13-5-1-2-6-14(13)21(24)28/h1-11H,(H,23,26). The van der Waals surface area contributed by atoms with Gasteiger partial charge < -0.3 is 5.32 Å². The first-order valence-electron chi connectivity index (χ1n) is 8.70. The minimum absolute atomic E-state index is 0.0601. The summed E-state index contributed by atoms with van der Waals surface area (Å²) in [6.07, 6.45) is 0. The molecule has 1 N–H and O–H groups in total. The van der Waals surface area contributed by atoms with Crippen molar-refractivity contribution in [2.45, 2.75) is 0 Å². The van der Waals surface area contributed by atoms with Crippen LogP contribution in [0.2, 0.25) is 5.02 Å². The molecule has 4 rings (SSSR count). The molecule has 8 nitrogen and oxygen atoms in total. The Bertz CT molecular complexity index is 1210. The number of nitro benzene ring substituents is 1. The van der Waals surface area contributed by atoms with E-state index in [2.05, 4.69) is 5.32 Å². The zero-order valence-electron chi connectivity index (χ0n) is 15.2. The summed E-state index contributed by atoms with van der Waals surface area (Å²) in [4.78, 5) is 49.2. The van der Waals surface area contributed by atoms with Crippen molar-refractivity contribution in [1.82, 2.24) is 0 Å². The van der Waals surface area contributed by atoms with Crippen molar-refractivity contribution >= 4 is 46.4 Å². The number of nitro groups is 1. The van der Waals surface area contributed by atoms with Crippen LogP contribution in [0.25, 0.3) is 0 Å². The van der Waals surface area contributed by atoms with Crippen LogP contribution in [0.5, 0.6) is 0 Å². The molecule has 0 fully saturated rings. The molecule has 3 amide bonds. The highest BCUT2D eigenvalue weighted by atomic mass is 35.5. The number of anilines is 2. The SMILES string of the molecule is O=C(Nc1ccc(N2C(=O)c3ccccc3C2=O)c(Cl)c1)c1ccccc1[N+](=O)[O-]. The van der Waals surface area contributed by atoms with Crippen molar-refractivity contribution in [2.24, 2.45) is 0 Å². The smallest absolute Gasteiger partial charge is 0.282 e. The molecule has 0 unspecified atom stereocenters. The maximum absolute atomic E-state index is 12.6. The highest BCUT2D eigenvalue weighted by Gasteiger charge is 2.37. The molecule has 1 aliphatic rings. The lowest BCUT2D eigenvalue weighted by Gasteiger charge is -2.16. The second kappa shape index (κ2) is 7.41. The Balaban J connectivity index is 1.61. The van der Waals surface area contributed by atoms with Crippen LogP contribution in [0.3, 0.4) is 0 Å². The summed E-state index contributed by atoms with van der Waals surface area (Å²) in [5.41, 5.74) is 0.557. The van der Waals surface area contributed by atoms with Gasteiger partial charge in [-0.15, -0.1) is 0 Å². The summed E-state index contributed by atoms with van der Waals surface area (Å²) in [6, 6.07) is 16.2. The summed E-state index contributed by atoms with van der Waals surface area (Å²) in [6.45, 7) is 0. The van der Waals surface area contributed by atoms with E-state index in [4.69, 9.17) is 11.6 Å². The van der Waals surface area contributed by atoms with Crippen molar-refractivity contribution in [3.8, 4) is 0 Å². The van der Waals surface area contributed by atoms with Crippen molar-refractivity contribution in [3.63, 3.8) is 0 Å². The normalized spacial score (nSPS) is 12.6. The number of halogens is 1. The third-order valence-corrected chi connectivity index (χ3v) is 4.89. The van der Waals surface area contributed by atoms with Crippen LogP contribution in [0, 0.1) is 10.1 Å². The molecule has 0 aliphatic carbocycles. The fourth-order valence-corrected chi connectivity index (χ4v) is 3.46. The van der Waals surface area contributed by atoms with E-state index in [1.165, 1.54) is 42.5 Å². The number of para-hydroxylation sites is 1. The van der Waals surface area contributed by atoms with Crippen LogP contribution in [0.1, 0.15) is 31.1 Å². The maximum Gasteiger partial charge on any atom is 0.282 e. The third-order valence-electron chi connectivity index (χ3n) is 4.59. The molecule has 0 saturated heterocycles. The fraction of sp³-hybridized carbons (Fsp3) is 0. The fourth-order valence-electron chi connectivity index (χ4n) is 3.20. The van der Waals surface area contributed by atoms with Crippen LogP contribution in [-0.2, 0) is 0 Å². The number of carbonyl (C=O) groups is 3. The molecule has 1 aliphatic heterocycles. The zero-order valence-corrected chi connectivity index (χ0v) is 15.9. The molecule has 0 saturated carbocycles. The quantitative estimate of drug-likeness (QED) is 0.383. The first-order valence-corrected chi connectivity index (χ1v) is 9.08. The Morgan fingerprint density at radius 2 is 1.53 bits per heavy atom. The monoisotopic (exact) mass is 421 g/mol. The summed E-state index contributed by atoms with van der Waals surface area (Å²) in [5.74, 6) is -1.67. The van der Waals surface area contributed by atoms with E-state index in [9.17, 15) is 24.5 Å². The molecule has 3 aromatic carbocycles. The predicted molar refractivity (Wildman–Crippen MR) is 110 cm³/mol. The molecule has 9 heteroatoms. The highest BCUT2D eigenvalue weighted by molar-refractivity contribution is 6.40. The number of fused-ring (bicyclic) bond motifs is 1. The number of imide groups is 1. The lowest BCUT2D eigenvalue weighted by Crippen LogP contribution is -2.29. The lowest BCUT2D eigenvalue weighted by atomic mass is 10.1. The Labute approximate surface area is 174 Å². The molecule has 3 aromatic rings. The summed E-state index contributed by atoms with van der Waals surface area (Å²) >= 11 is 6.29. The van der Waals surface area contributed by atoms with Crippen LogP contribution < -0.4 is 10.2 Å². The number of hydrogen-bond donors (Lipinski definition) is 1. The van der Waals surface area contributed by atoms with Crippen molar-refractivity contribution in [3.05, 3.63) is 98.6 Å². The average Bonchev–Trinajstić information content (AvgIpc) is 2.99. The van der Waals surface area contributed by atoms with Gasteiger partial charge in [-0.3, -0.25) is 24.5 Å². The van der Waals surface area contributed by atoms with E-state index in [0.29, 0.717) is 0 Å². The van der Waals surface area contributed by atoms with Gasteiger partial charge in [0.25, 0.3) is 23.4 Å². The van der Waals surface area contributed by atoms with Gasteiger partial charge in [-0.05, 0) is 36.4 Å². The molecule has 30 heavy (non-hydrogen) atoms. The predicted octanol–water partition coefficient (Wildman–Crippen LogP) is 4.30. The lowest BCUT2D eigenvalue weighted by molar-refractivity contribution is -0.385. The molecule has 1 heterocycles. The van der Waals surface area contributed by atoms with E-state index < -0.39 is 22.6 Å². The largest absolute Gasteiger partial charge is 0.322 e. The van der Waals surface area contributed by atoms with Crippen LogP contribution in [0.15, 0.2) is 66.7 Å². The number of carbonyl (C=O) groups excluding carboxylic acids is 3. The molecule has 0 atom stereocenters. The summed E-state index contributed by atoms with van der Waals surface area (Å²) in [7, 11) is 0. The van der Waals surface area contributed by atoms with Gasteiger partial charge in [-0.25, -0.2) is 4.90 Å². The summed E-state index contributed by atoms with van der Waals surface area (Å²) in [5, 5.41) is 13.7. The van der Waals surface area contributed by atoms with Gasteiger partial charge in [0.05, 0.1) is 26.8 Å². The summed E-state index contributed by atoms with van der Waals surface area (Å²) < 4.78 is 0. The van der Waals surface area contributed by atoms with Crippen LogP contribution in [0.4, 0.5) is 17.1 Å². The number of nitrogens with one attached hydrogen (secondary N) is 1. The van der Waals surface area contributed by atoms with E-state index in [0.717, 1.165) is 4.90 Å². The van der Waals surface area contributed by atoms with E-state index in [1.807, 2.05) is 0 Å². The Hall–Kier alpha value is -4.04. The molecule has 0 bridgehead atoms. The van der Waals surface area contributed by atoms with Gasteiger partial charge in [-0.2, -0.15) is 0 Å². The van der Waals surface area contributed by atoms with Gasteiger partial charge in [-0.1, -0.05) is 35.9 Å². The minimum atomic E-state index is -0.688. The average molecular weight is 422 g/mol. The maximum atomic E-state index is 12.6. The number of amides is 3. The van der Waals surface area contributed by atoms with Crippen LogP contribution in [-0.4, -0.2) is 22.6 Å². The Morgan fingerprint density at radius 3 is 2.13 bits per heavy atom. The molecular weight excluding hydrogens is 410 g/mol. The second-order valence-corrected chi connectivity index (χ2v) is 6.79. The zero-order chi connectivity index (χ0) is 21.4. The van der Waals surface area contributed by atoms with E-state index in [-0.39, 0.29) is 38.8 Å². The minimum Gasteiger partial charge on any atom is -0.322 e. The number of nitrogens with zero attached hydrogens (tertiary/aromatic N) is 2. The Morgan fingerprint density at radius 1 is 0.933 bits per heavy atom. The molecule has 0 spiro atoms. The van der Waals surface area contributed by atoms with Crippen molar-refractivity contribution < 1.29 is 19.3 Å². The van der Waals surface area contributed by atoms with Gasteiger partial charge in [0.2, 0.25) is 0 Å². The van der Waals surface area contributed by atoms with Gasteiger partial charge in [0.15, 0.2) is 0 Å². The topological polar surface area (TPSA) is 110 Å². The first kappa shape index (κ1) is 19.3. The van der Waals surface area contributed by atoms with E-state index in [1.54, 1.807) is 24.3 Å². The van der Waals surface area contributed by atoms with Gasteiger partial charge in [0.1, 0.15) is 5.56 Å². The molecule has 0 radical (unpaired) electrons. The first-order chi connectivity index (χ1) is 14.4. The highest BCUT2D eigenvalue weighted by Crippen LogP contribution is 2.35. The molecule has 0 aromatic heterocycles. The molecular formula is C21H12ClN3O5. The number of hydrogen-bond acceptors (Lipinski definition) is 5.